The van der Waals surface area contributed by atoms with Crippen molar-refractivity contribution in [2.45, 2.75) is 6.61 Å². The van der Waals surface area contributed by atoms with E-state index in [9.17, 15) is 19.7 Å². The smallest absolute Gasteiger partial charge is 0.269 e. The Bertz CT molecular complexity index is 1000. The number of non-ortho nitro benzene ring substituents is 1. The lowest BCUT2D eigenvalue weighted by atomic mass is 10.1. The number of rotatable bonds is 5. The lowest BCUT2D eigenvalue weighted by molar-refractivity contribution is -0.384. The third-order valence-corrected chi connectivity index (χ3v) is 4.44. The second-order valence-electron chi connectivity index (χ2n) is 5.93. The van der Waals surface area contributed by atoms with Gasteiger partial charge in [-0.25, -0.2) is 0 Å². The zero-order valence-corrected chi connectivity index (χ0v) is 15.6. The number of nitro groups is 1. The van der Waals surface area contributed by atoms with Gasteiger partial charge in [0.15, 0.2) is 5.11 Å². The topological polar surface area (TPSA) is 102 Å². The molecule has 2 amide bonds. The van der Waals surface area contributed by atoms with Crippen LogP contribution in [-0.2, 0) is 16.2 Å². The Labute approximate surface area is 165 Å². The highest BCUT2D eigenvalue weighted by Gasteiger charge is 2.30. The van der Waals surface area contributed by atoms with Crippen molar-refractivity contribution in [3.05, 3.63) is 75.3 Å². The van der Waals surface area contributed by atoms with Crippen molar-refractivity contribution in [3.63, 3.8) is 0 Å². The quantitative estimate of drug-likeness (QED) is 0.273. The Morgan fingerprint density at radius 1 is 1.18 bits per heavy atom. The molecule has 2 aromatic rings. The molecule has 0 aromatic heterocycles. The van der Waals surface area contributed by atoms with Gasteiger partial charge in [-0.05, 0) is 42.1 Å². The van der Waals surface area contributed by atoms with Gasteiger partial charge in [-0.2, -0.15) is 0 Å². The fraction of sp³-hybridized carbons (Fsp3) is 0.105. The Morgan fingerprint density at radius 2 is 1.86 bits per heavy atom. The van der Waals surface area contributed by atoms with Crippen LogP contribution >= 0.6 is 12.2 Å². The number of ether oxygens (including phenoxy) is 1. The summed E-state index contributed by atoms with van der Waals surface area (Å²) in [5.41, 5.74) is 1.23. The van der Waals surface area contributed by atoms with E-state index in [0.717, 1.165) is 5.56 Å². The first kappa shape index (κ1) is 19.2. The third kappa shape index (κ3) is 4.04. The molecule has 28 heavy (non-hydrogen) atoms. The second-order valence-corrected chi connectivity index (χ2v) is 6.32. The number of thiocarbonyl (C=S) groups is 1. The molecule has 1 aliphatic heterocycles. The number of likely N-dealkylation sites (N-methyl/N-ethyl adjacent to an activating group) is 1. The first-order valence-corrected chi connectivity index (χ1v) is 8.58. The van der Waals surface area contributed by atoms with Crippen molar-refractivity contribution < 1.29 is 19.2 Å². The van der Waals surface area contributed by atoms with Gasteiger partial charge in [0.1, 0.15) is 17.9 Å². The van der Waals surface area contributed by atoms with E-state index in [0.29, 0.717) is 11.3 Å². The van der Waals surface area contributed by atoms with E-state index < -0.39 is 16.7 Å². The number of carbonyl (C=O) groups excluding carboxylic acids is 2. The fourth-order valence-corrected chi connectivity index (χ4v) is 2.68. The van der Waals surface area contributed by atoms with Crippen LogP contribution < -0.4 is 10.1 Å². The molecule has 0 spiro atoms. The summed E-state index contributed by atoms with van der Waals surface area (Å²) in [7, 11) is 1.48. The average molecular weight is 397 g/mol. The number of carbonyl (C=O) groups is 2. The lowest BCUT2D eigenvalue weighted by Gasteiger charge is -2.25. The molecule has 1 heterocycles. The van der Waals surface area contributed by atoms with E-state index in [4.69, 9.17) is 17.0 Å². The minimum absolute atomic E-state index is 0.00209. The van der Waals surface area contributed by atoms with Crippen molar-refractivity contribution in [2.75, 3.05) is 7.05 Å². The largest absolute Gasteiger partial charge is 0.488 e. The number of hydrogen-bond acceptors (Lipinski definition) is 6. The summed E-state index contributed by atoms with van der Waals surface area (Å²) in [5.74, 6) is -0.609. The van der Waals surface area contributed by atoms with E-state index in [1.807, 2.05) is 0 Å². The Morgan fingerprint density at radius 3 is 2.54 bits per heavy atom. The van der Waals surface area contributed by atoms with Crippen LogP contribution in [0.1, 0.15) is 11.1 Å². The molecule has 1 saturated heterocycles. The van der Waals surface area contributed by atoms with Gasteiger partial charge < -0.3 is 4.74 Å². The summed E-state index contributed by atoms with van der Waals surface area (Å²) >= 11 is 4.93. The standard InChI is InChI=1S/C19H15N3O5S/c1-21-18(24)15(17(23)20-19(21)28)10-13-4-2-3-5-16(13)27-11-12-6-8-14(9-7-12)22(25)26/h2-10H,11H2,1H3,(H,20,23,28)/b15-10+. The summed E-state index contributed by atoms with van der Waals surface area (Å²) in [6, 6.07) is 12.9. The highest BCUT2D eigenvalue weighted by Crippen LogP contribution is 2.24. The summed E-state index contributed by atoms with van der Waals surface area (Å²) < 4.78 is 5.79. The molecule has 1 aliphatic rings. The van der Waals surface area contributed by atoms with E-state index >= 15 is 0 Å². The SMILES string of the molecule is CN1C(=O)/C(=C/c2ccccc2OCc2ccc([N+](=O)[O-])cc2)C(=O)NC1=S. The number of nitrogens with one attached hydrogen (secondary N) is 1. The minimum atomic E-state index is -0.571. The van der Waals surface area contributed by atoms with E-state index in [1.54, 1.807) is 36.4 Å². The van der Waals surface area contributed by atoms with Gasteiger partial charge in [0, 0.05) is 24.7 Å². The number of benzene rings is 2. The molecule has 8 nitrogen and oxygen atoms in total. The van der Waals surface area contributed by atoms with Crippen LogP contribution in [0.2, 0.25) is 0 Å². The third-order valence-electron chi connectivity index (χ3n) is 4.07. The second kappa shape index (κ2) is 7.97. The summed E-state index contributed by atoms with van der Waals surface area (Å²) in [4.78, 5) is 35.9. The lowest BCUT2D eigenvalue weighted by Crippen LogP contribution is -2.52. The van der Waals surface area contributed by atoms with Crippen molar-refractivity contribution >= 4 is 40.9 Å². The van der Waals surface area contributed by atoms with Gasteiger partial charge >= 0.3 is 0 Å². The molecule has 3 rings (SSSR count). The van der Waals surface area contributed by atoms with E-state index in [2.05, 4.69) is 5.32 Å². The van der Waals surface area contributed by atoms with Crippen molar-refractivity contribution in [3.8, 4) is 5.75 Å². The predicted octanol–water partition coefficient (Wildman–Crippen LogP) is 2.43. The van der Waals surface area contributed by atoms with Crippen LogP contribution in [-0.4, -0.2) is 33.8 Å². The normalized spacial score (nSPS) is 15.5. The zero-order valence-electron chi connectivity index (χ0n) is 14.7. The van der Waals surface area contributed by atoms with E-state index in [1.165, 1.54) is 30.2 Å². The maximum Gasteiger partial charge on any atom is 0.269 e. The molecule has 0 aliphatic carbocycles. The van der Waals surface area contributed by atoms with Gasteiger partial charge in [0.25, 0.3) is 17.5 Å². The number of hydrogen-bond donors (Lipinski definition) is 1. The van der Waals surface area contributed by atoms with Crippen molar-refractivity contribution in [2.24, 2.45) is 0 Å². The minimum Gasteiger partial charge on any atom is -0.488 e. The zero-order chi connectivity index (χ0) is 20.3. The Hall–Kier alpha value is -3.59. The number of nitrogens with zero attached hydrogens (tertiary/aromatic N) is 2. The molecule has 0 saturated carbocycles. The summed E-state index contributed by atoms with van der Waals surface area (Å²) in [6.45, 7) is 0.169. The van der Waals surface area contributed by atoms with Gasteiger partial charge in [-0.15, -0.1) is 0 Å². The van der Waals surface area contributed by atoms with Gasteiger partial charge in [0.05, 0.1) is 4.92 Å². The van der Waals surface area contributed by atoms with Crippen LogP contribution in [0.25, 0.3) is 6.08 Å². The van der Waals surface area contributed by atoms with Gasteiger partial charge in [-0.3, -0.25) is 29.9 Å². The van der Waals surface area contributed by atoms with Crippen LogP contribution in [0.4, 0.5) is 5.69 Å². The van der Waals surface area contributed by atoms with Gasteiger partial charge in [0.2, 0.25) is 0 Å². The molecule has 2 aromatic carbocycles. The van der Waals surface area contributed by atoms with Gasteiger partial charge in [-0.1, -0.05) is 18.2 Å². The molecule has 1 fully saturated rings. The van der Waals surface area contributed by atoms with E-state index in [-0.39, 0.29) is 23.0 Å². The predicted molar refractivity (Wildman–Crippen MR) is 105 cm³/mol. The number of nitro benzene ring substituents is 1. The maximum absolute atomic E-state index is 12.3. The van der Waals surface area contributed by atoms with Crippen LogP contribution in [0.15, 0.2) is 54.1 Å². The first-order chi connectivity index (χ1) is 13.4. The monoisotopic (exact) mass is 397 g/mol. The van der Waals surface area contributed by atoms with Crippen molar-refractivity contribution in [1.82, 2.24) is 10.2 Å². The molecular formula is C19H15N3O5S. The highest BCUT2D eigenvalue weighted by molar-refractivity contribution is 7.80. The average Bonchev–Trinajstić information content (AvgIpc) is 2.69. The first-order valence-electron chi connectivity index (χ1n) is 8.17. The summed E-state index contributed by atoms with van der Waals surface area (Å²) in [6.07, 6.45) is 1.45. The number of amides is 2. The molecule has 0 bridgehead atoms. The van der Waals surface area contributed by atoms with Crippen LogP contribution in [0.5, 0.6) is 5.75 Å². The molecule has 9 heteroatoms. The van der Waals surface area contributed by atoms with Crippen molar-refractivity contribution in [1.29, 1.82) is 0 Å². The maximum atomic E-state index is 12.3. The Kier molecular flexibility index (Phi) is 5.46. The molecule has 0 radical (unpaired) electrons. The molecule has 142 valence electrons. The molecule has 0 unspecified atom stereocenters. The van der Waals surface area contributed by atoms with Crippen LogP contribution in [0, 0.1) is 10.1 Å². The fourth-order valence-electron chi connectivity index (χ4n) is 2.51. The molecular weight excluding hydrogens is 382 g/mol. The summed E-state index contributed by atoms with van der Waals surface area (Å²) in [5, 5.41) is 13.2. The van der Waals surface area contributed by atoms with Crippen LogP contribution in [0.3, 0.4) is 0 Å². The highest BCUT2D eigenvalue weighted by atomic mass is 32.1. The Balaban J connectivity index is 1.81. The molecule has 1 N–H and O–H groups in total. The number of para-hydroxylation sites is 1. The molecule has 0 atom stereocenters.